The summed E-state index contributed by atoms with van der Waals surface area (Å²) in [6, 6.07) is 13.3. The molecule has 0 aliphatic carbocycles. The van der Waals surface area contributed by atoms with Gasteiger partial charge in [-0.2, -0.15) is 0 Å². The van der Waals surface area contributed by atoms with Gasteiger partial charge in [0.05, 0.1) is 23.8 Å². The van der Waals surface area contributed by atoms with Gasteiger partial charge in [0.1, 0.15) is 5.78 Å². The maximum atomic E-state index is 11.4. The number of aromatic nitrogens is 4. The van der Waals surface area contributed by atoms with Crippen LogP contribution in [0.2, 0.25) is 0 Å². The summed E-state index contributed by atoms with van der Waals surface area (Å²) in [6.45, 7) is 8.84. The molecule has 0 atom stereocenters. The van der Waals surface area contributed by atoms with E-state index in [0.29, 0.717) is 17.9 Å². The lowest BCUT2D eigenvalue weighted by Crippen LogP contribution is -2.01. The van der Waals surface area contributed by atoms with Crippen LogP contribution in [0.15, 0.2) is 61.1 Å². The Bertz CT molecular complexity index is 1200. The van der Waals surface area contributed by atoms with Crippen LogP contribution in [0.3, 0.4) is 0 Å². The van der Waals surface area contributed by atoms with E-state index in [0.717, 1.165) is 28.2 Å². The Morgan fingerprint density at radius 2 is 2.04 bits per heavy atom. The van der Waals surface area contributed by atoms with Crippen molar-refractivity contribution in [2.24, 2.45) is 0 Å². The molecule has 6 nitrogen and oxygen atoms in total. The van der Waals surface area contributed by atoms with Gasteiger partial charge >= 0.3 is 0 Å². The van der Waals surface area contributed by atoms with Crippen LogP contribution in [-0.4, -0.2) is 25.1 Å². The molecule has 0 aromatic carbocycles. The Kier molecular flexibility index (Phi) is 4.19. The molecule has 0 spiro atoms. The first-order chi connectivity index (χ1) is 13.2. The monoisotopic (exact) mass is 353 g/mol. The highest BCUT2D eigenvalue weighted by Gasteiger charge is 2.13. The van der Waals surface area contributed by atoms with Gasteiger partial charge in [-0.05, 0) is 31.2 Å². The average molecular weight is 353 g/mol. The second-order valence-corrected chi connectivity index (χ2v) is 6.17. The smallest absolute Gasteiger partial charge is 0.254 e. The van der Waals surface area contributed by atoms with Crippen LogP contribution >= 0.6 is 0 Å². The van der Waals surface area contributed by atoms with Gasteiger partial charge in [0, 0.05) is 35.5 Å². The fourth-order valence-electron chi connectivity index (χ4n) is 3.02. The molecule has 130 valence electrons. The van der Waals surface area contributed by atoms with E-state index in [1.54, 1.807) is 23.7 Å². The molecule has 4 aromatic rings. The maximum absolute atomic E-state index is 11.4. The number of carbonyl (C=O) groups is 1. The summed E-state index contributed by atoms with van der Waals surface area (Å²) in [7, 11) is 0. The minimum atomic E-state index is 0.0677. The molecule has 4 rings (SSSR count). The maximum Gasteiger partial charge on any atom is 0.254 e. The zero-order valence-corrected chi connectivity index (χ0v) is 14.6. The molecular formula is C21H15N5O. The molecule has 0 saturated heterocycles. The molecule has 0 bridgehead atoms. The van der Waals surface area contributed by atoms with E-state index >= 15 is 0 Å². The van der Waals surface area contributed by atoms with Gasteiger partial charge in [-0.15, -0.1) is 0 Å². The van der Waals surface area contributed by atoms with Crippen LogP contribution in [0.1, 0.15) is 12.6 Å². The Morgan fingerprint density at radius 1 is 1.15 bits per heavy atom. The lowest BCUT2D eigenvalue weighted by atomic mass is 10.0. The first-order valence-corrected chi connectivity index (χ1v) is 8.41. The predicted molar refractivity (Wildman–Crippen MR) is 102 cm³/mol. The van der Waals surface area contributed by atoms with Crippen molar-refractivity contribution in [3.8, 4) is 22.5 Å². The van der Waals surface area contributed by atoms with Gasteiger partial charge in [0.15, 0.2) is 0 Å². The number of carbonyl (C=O) groups excluding carboxylic acids is 1. The SMILES string of the molecule is [C-]#[N+]c1cnc2ccc(-c3cccnc3-c3cccc(CC(C)=O)n3)cn12. The number of hydrogen-bond acceptors (Lipinski definition) is 4. The molecular weight excluding hydrogens is 338 g/mol. The normalized spacial score (nSPS) is 10.7. The number of hydrogen-bond donors (Lipinski definition) is 0. The van der Waals surface area contributed by atoms with Gasteiger partial charge in [-0.25, -0.2) is 9.38 Å². The highest BCUT2D eigenvalue weighted by Crippen LogP contribution is 2.30. The second kappa shape index (κ2) is 6.81. The van der Waals surface area contributed by atoms with E-state index in [-0.39, 0.29) is 5.78 Å². The molecule has 0 N–H and O–H groups in total. The molecule has 0 saturated carbocycles. The number of imidazole rings is 1. The van der Waals surface area contributed by atoms with Crippen molar-refractivity contribution in [1.82, 2.24) is 19.4 Å². The first-order valence-electron chi connectivity index (χ1n) is 8.41. The molecule has 27 heavy (non-hydrogen) atoms. The quantitative estimate of drug-likeness (QED) is 0.517. The van der Waals surface area contributed by atoms with Crippen molar-refractivity contribution in [3.63, 3.8) is 0 Å². The highest BCUT2D eigenvalue weighted by atomic mass is 16.1. The summed E-state index contributed by atoms with van der Waals surface area (Å²) in [4.78, 5) is 28.3. The minimum absolute atomic E-state index is 0.0677. The Labute approximate surface area is 156 Å². The van der Waals surface area contributed by atoms with Crippen molar-refractivity contribution in [1.29, 1.82) is 0 Å². The van der Waals surface area contributed by atoms with Crippen LogP contribution < -0.4 is 0 Å². The van der Waals surface area contributed by atoms with E-state index < -0.39 is 0 Å². The average Bonchev–Trinajstić information content (AvgIpc) is 3.10. The second-order valence-electron chi connectivity index (χ2n) is 6.17. The van der Waals surface area contributed by atoms with Gasteiger partial charge in [-0.1, -0.05) is 18.7 Å². The summed E-state index contributed by atoms with van der Waals surface area (Å²) in [6.07, 6.45) is 5.46. The van der Waals surface area contributed by atoms with Crippen LogP contribution in [0, 0.1) is 6.57 Å². The van der Waals surface area contributed by atoms with E-state index in [9.17, 15) is 4.79 Å². The number of nitrogens with zero attached hydrogens (tertiary/aromatic N) is 5. The van der Waals surface area contributed by atoms with Crippen LogP contribution in [0.4, 0.5) is 5.82 Å². The highest BCUT2D eigenvalue weighted by molar-refractivity contribution is 5.80. The molecule has 0 radical (unpaired) electrons. The van der Waals surface area contributed by atoms with E-state index in [4.69, 9.17) is 6.57 Å². The third-order valence-electron chi connectivity index (χ3n) is 4.20. The fourth-order valence-corrected chi connectivity index (χ4v) is 3.02. The summed E-state index contributed by atoms with van der Waals surface area (Å²) >= 11 is 0. The molecule has 4 aromatic heterocycles. The van der Waals surface area contributed by atoms with E-state index in [1.807, 2.05) is 48.7 Å². The Morgan fingerprint density at radius 3 is 2.85 bits per heavy atom. The molecule has 0 fully saturated rings. The first kappa shape index (κ1) is 16.6. The number of Topliss-reactive ketones (excluding diaryl/α,β-unsaturated/α-hetero) is 1. The van der Waals surface area contributed by atoms with Gasteiger partial charge < -0.3 is 4.85 Å². The topological polar surface area (TPSA) is 64.5 Å². The van der Waals surface area contributed by atoms with Crippen molar-refractivity contribution < 1.29 is 4.79 Å². The van der Waals surface area contributed by atoms with Crippen molar-refractivity contribution >= 4 is 17.2 Å². The van der Waals surface area contributed by atoms with Gasteiger partial charge in [0.25, 0.3) is 5.82 Å². The summed E-state index contributed by atoms with van der Waals surface area (Å²) in [5.41, 5.74) is 4.68. The third-order valence-corrected chi connectivity index (χ3v) is 4.20. The molecule has 6 heteroatoms. The lowest BCUT2D eigenvalue weighted by molar-refractivity contribution is -0.116. The Hall–Kier alpha value is -3.85. The molecule has 0 aliphatic heterocycles. The van der Waals surface area contributed by atoms with Crippen molar-refractivity contribution in [2.45, 2.75) is 13.3 Å². The van der Waals surface area contributed by atoms with Crippen molar-refractivity contribution in [2.75, 3.05) is 0 Å². The van der Waals surface area contributed by atoms with Gasteiger partial charge in [0.2, 0.25) is 5.65 Å². The summed E-state index contributed by atoms with van der Waals surface area (Å²) in [5, 5.41) is 0. The minimum Gasteiger partial charge on any atom is -0.362 e. The Balaban J connectivity index is 1.85. The standard InChI is InChI=1S/C21H15N5O/c1-14(27)11-16-5-3-7-18(25-16)21-17(6-4-10-23-21)15-8-9-19-24-12-20(22-2)26(19)13-15/h3-10,12-13H,11H2,1H3. The van der Waals surface area contributed by atoms with E-state index in [1.165, 1.54) is 0 Å². The summed E-state index contributed by atoms with van der Waals surface area (Å²) in [5.74, 6) is 0.525. The van der Waals surface area contributed by atoms with Crippen molar-refractivity contribution in [3.05, 3.63) is 78.2 Å². The fraction of sp³-hybridized carbons (Fsp3) is 0.0952. The predicted octanol–water partition coefficient (Wildman–Crippen LogP) is 4.14. The van der Waals surface area contributed by atoms with Crippen LogP contribution in [0.5, 0.6) is 0 Å². The van der Waals surface area contributed by atoms with E-state index in [2.05, 4.69) is 19.8 Å². The molecule has 0 amide bonds. The van der Waals surface area contributed by atoms with Gasteiger partial charge in [-0.3, -0.25) is 14.8 Å². The zero-order valence-electron chi connectivity index (χ0n) is 14.6. The zero-order chi connectivity index (χ0) is 18.8. The number of rotatable bonds is 4. The molecule has 0 unspecified atom stereocenters. The number of fused-ring (bicyclic) bond motifs is 1. The largest absolute Gasteiger partial charge is 0.362 e. The molecule has 4 heterocycles. The van der Waals surface area contributed by atoms with Crippen LogP contribution in [0.25, 0.3) is 33.0 Å². The number of pyridine rings is 3. The van der Waals surface area contributed by atoms with Crippen LogP contribution in [-0.2, 0) is 11.2 Å². The number of ketones is 1. The summed E-state index contributed by atoms with van der Waals surface area (Å²) < 4.78 is 1.76. The third kappa shape index (κ3) is 3.18. The lowest BCUT2D eigenvalue weighted by Gasteiger charge is -2.09. The molecule has 0 aliphatic rings.